The number of quaternary nitrogens is 1. The summed E-state index contributed by atoms with van der Waals surface area (Å²) in [7, 11) is 1.15. The van der Waals surface area contributed by atoms with Crippen LogP contribution in [-0.4, -0.2) is 70.0 Å². The van der Waals surface area contributed by atoms with Gasteiger partial charge in [-0.1, -0.05) is 330 Å². The fourth-order valence-electron chi connectivity index (χ4n) is 10.7. The second kappa shape index (κ2) is 68.6. The highest BCUT2D eigenvalue weighted by molar-refractivity contribution is 7.45. The van der Waals surface area contributed by atoms with E-state index in [4.69, 9.17) is 18.5 Å². The van der Waals surface area contributed by atoms with E-state index < -0.39 is 26.5 Å². The summed E-state index contributed by atoms with van der Waals surface area (Å²) in [6.45, 7) is 4.13. The second-order valence-electron chi connectivity index (χ2n) is 26.3. The van der Waals surface area contributed by atoms with Gasteiger partial charge >= 0.3 is 11.9 Å². The number of phosphoric ester groups is 1. The normalized spacial score (nSPS) is 13.6. The standard InChI is InChI=1S/C78H142NO8P/c1-6-8-10-12-14-16-18-20-22-24-26-28-30-31-32-33-34-35-36-37-38-39-40-41-42-43-44-45-46-47-49-50-52-54-56-58-60-62-64-66-68-70-77(80)84-74-76(75-86-88(82,83)85-73-72-79(3,4)5)87-78(81)71-69-67-65-63-61-59-57-55-53-51-48-29-27-25-23-21-19-17-15-13-11-9-7-2/h9,11,15,17,21,23-24,26-27,29,51,53,57,59,76H,6-8,10,12-14,16,18-20,22,25,28,30-50,52,54-56,58,60-75H2,1-5H3/b11-9-,17-15-,23-21-,26-24-,29-27-,53-51-,59-57-. The maximum atomic E-state index is 12.8. The average molecular weight is 1250 g/mol. The van der Waals surface area contributed by atoms with Gasteiger partial charge in [0.05, 0.1) is 27.7 Å². The predicted molar refractivity (Wildman–Crippen MR) is 379 cm³/mol. The van der Waals surface area contributed by atoms with Crippen LogP contribution in [0.5, 0.6) is 0 Å². The van der Waals surface area contributed by atoms with Crippen molar-refractivity contribution in [2.45, 2.75) is 354 Å². The minimum absolute atomic E-state index is 0.0387. The van der Waals surface area contributed by atoms with Crippen molar-refractivity contribution in [1.29, 1.82) is 0 Å². The number of rotatable bonds is 69. The number of hydrogen-bond donors (Lipinski definition) is 0. The maximum absolute atomic E-state index is 12.8. The van der Waals surface area contributed by atoms with E-state index in [1.807, 2.05) is 21.1 Å². The van der Waals surface area contributed by atoms with E-state index in [2.05, 4.69) is 98.9 Å². The summed E-state index contributed by atoms with van der Waals surface area (Å²) in [5, 5.41) is 0. The molecule has 0 amide bonds. The zero-order chi connectivity index (χ0) is 64.1. The second-order valence-corrected chi connectivity index (χ2v) is 27.7. The molecule has 0 spiro atoms. The van der Waals surface area contributed by atoms with Gasteiger partial charge in [-0.05, 0) is 89.9 Å². The first-order valence-corrected chi connectivity index (χ1v) is 38.8. The Kier molecular flexibility index (Phi) is 66.4. The highest BCUT2D eigenvalue weighted by Crippen LogP contribution is 2.38. The van der Waals surface area contributed by atoms with Crippen LogP contribution in [0, 0.1) is 0 Å². The smallest absolute Gasteiger partial charge is 0.306 e. The first-order chi connectivity index (χ1) is 43.0. The highest BCUT2D eigenvalue weighted by atomic mass is 31.2. The monoisotopic (exact) mass is 1250 g/mol. The van der Waals surface area contributed by atoms with E-state index >= 15 is 0 Å². The highest BCUT2D eigenvalue weighted by Gasteiger charge is 2.22. The molecule has 2 unspecified atom stereocenters. The summed E-state index contributed by atoms with van der Waals surface area (Å²) in [6.07, 6.45) is 94.2. The van der Waals surface area contributed by atoms with Crippen LogP contribution in [0.4, 0.5) is 0 Å². The number of hydrogen-bond acceptors (Lipinski definition) is 8. The third-order valence-corrected chi connectivity index (χ3v) is 17.4. The molecule has 0 rings (SSSR count). The van der Waals surface area contributed by atoms with Crippen molar-refractivity contribution in [3.05, 3.63) is 85.1 Å². The van der Waals surface area contributed by atoms with E-state index in [1.54, 1.807) is 0 Å². The van der Waals surface area contributed by atoms with Crippen LogP contribution in [-0.2, 0) is 32.7 Å². The number of likely N-dealkylation sites (N-methyl/N-ethyl adjacent to an activating group) is 1. The zero-order valence-corrected chi connectivity index (χ0v) is 59.3. The molecule has 0 bridgehead atoms. The van der Waals surface area contributed by atoms with Gasteiger partial charge in [0.1, 0.15) is 19.8 Å². The molecule has 0 aromatic heterocycles. The van der Waals surface area contributed by atoms with E-state index in [0.717, 1.165) is 83.5 Å². The fraction of sp³-hybridized carbons (Fsp3) is 0.795. The molecule has 0 aromatic carbocycles. The first-order valence-electron chi connectivity index (χ1n) is 37.3. The van der Waals surface area contributed by atoms with Gasteiger partial charge in [0.15, 0.2) is 6.10 Å². The van der Waals surface area contributed by atoms with Crippen molar-refractivity contribution in [2.75, 3.05) is 47.5 Å². The number of phosphoric acid groups is 1. The van der Waals surface area contributed by atoms with Crippen LogP contribution < -0.4 is 4.89 Å². The van der Waals surface area contributed by atoms with Gasteiger partial charge in [-0.15, -0.1) is 0 Å². The molecule has 0 heterocycles. The van der Waals surface area contributed by atoms with Crippen molar-refractivity contribution < 1.29 is 42.1 Å². The molecular weight excluding hydrogens is 1110 g/mol. The Morgan fingerprint density at radius 2 is 0.648 bits per heavy atom. The Hall–Kier alpha value is -2.81. The molecule has 0 aliphatic carbocycles. The van der Waals surface area contributed by atoms with Crippen molar-refractivity contribution in [3.63, 3.8) is 0 Å². The van der Waals surface area contributed by atoms with Crippen LogP contribution in [0.2, 0.25) is 0 Å². The lowest BCUT2D eigenvalue weighted by molar-refractivity contribution is -0.870. The summed E-state index contributed by atoms with van der Waals surface area (Å²) in [6, 6.07) is 0. The van der Waals surface area contributed by atoms with Gasteiger partial charge < -0.3 is 27.9 Å². The minimum Gasteiger partial charge on any atom is -0.756 e. The summed E-state index contributed by atoms with van der Waals surface area (Å²) < 4.78 is 34.3. The Morgan fingerprint density at radius 3 is 0.977 bits per heavy atom. The van der Waals surface area contributed by atoms with Gasteiger partial charge in [-0.3, -0.25) is 14.2 Å². The first kappa shape index (κ1) is 85.2. The lowest BCUT2D eigenvalue weighted by Gasteiger charge is -2.28. The SMILES string of the molecule is CC/C=C\C/C=C\C/C=C\C/C=C\C/C=C\C/C=C\CCCCCCC(=O)OC(COC(=O)CCCCCCCCCCCCCCCCCCCCCCCCCCCCCCC/C=C\CCCCCCCCCC)COP(=O)([O-])OCC[N+](C)(C)C. The molecule has 0 fully saturated rings. The van der Waals surface area contributed by atoms with Gasteiger partial charge in [0.25, 0.3) is 7.82 Å². The molecular formula is C78H142NO8P. The predicted octanol–water partition coefficient (Wildman–Crippen LogP) is 23.9. The third-order valence-electron chi connectivity index (χ3n) is 16.4. The molecule has 0 saturated heterocycles. The molecule has 10 heteroatoms. The number of nitrogens with zero attached hydrogens (tertiary/aromatic N) is 1. The Labute approximate surface area is 545 Å². The minimum atomic E-state index is -4.65. The molecule has 88 heavy (non-hydrogen) atoms. The number of esters is 2. The maximum Gasteiger partial charge on any atom is 0.306 e. The fourth-order valence-corrected chi connectivity index (χ4v) is 11.4. The number of unbranched alkanes of at least 4 members (excludes halogenated alkanes) is 41. The quantitative estimate of drug-likeness (QED) is 0.0195. The largest absolute Gasteiger partial charge is 0.756 e. The Morgan fingerprint density at radius 1 is 0.364 bits per heavy atom. The van der Waals surface area contributed by atoms with Crippen LogP contribution in [0.15, 0.2) is 85.1 Å². The molecule has 512 valence electrons. The summed E-state index contributed by atoms with van der Waals surface area (Å²) >= 11 is 0. The van der Waals surface area contributed by atoms with Crippen molar-refractivity contribution in [3.8, 4) is 0 Å². The zero-order valence-electron chi connectivity index (χ0n) is 58.4. The van der Waals surface area contributed by atoms with Crippen molar-refractivity contribution in [1.82, 2.24) is 0 Å². The number of allylic oxidation sites excluding steroid dienone is 14. The summed E-state index contributed by atoms with van der Waals surface area (Å²) in [5.74, 6) is -0.854. The Bertz CT molecular complexity index is 1760. The van der Waals surface area contributed by atoms with Gasteiger partial charge in [-0.25, -0.2) is 0 Å². The number of carbonyl (C=O) groups excluding carboxylic acids is 2. The van der Waals surface area contributed by atoms with Gasteiger partial charge in [0.2, 0.25) is 0 Å². The van der Waals surface area contributed by atoms with Crippen LogP contribution >= 0.6 is 7.82 Å². The molecule has 2 atom stereocenters. The molecule has 0 saturated carbocycles. The van der Waals surface area contributed by atoms with E-state index in [0.29, 0.717) is 17.4 Å². The molecule has 0 aromatic rings. The van der Waals surface area contributed by atoms with Crippen LogP contribution in [0.1, 0.15) is 348 Å². The molecule has 0 aliphatic rings. The third kappa shape index (κ3) is 72.3. The van der Waals surface area contributed by atoms with Crippen molar-refractivity contribution in [2.24, 2.45) is 0 Å². The molecule has 9 nitrogen and oxygen atoms in total. The summed E-state index contributed by atoms with van der Waals surface area (Å²) in [4.78, 5) is 38.0. The number of carbonyl (C=O) groups is 2. The van der Waals surface area contributed by atoms with Gasteiger partial charge in [0, 0.05) is 12.8 Å². The molecule has 0 radical (unpaired) electrons. The number of ether oxygens (including phenoxy) is 2. The van der Waals surface area contributed by atoms with Crippen LogP contribution in [0.25, 0.3) is 0 Å². The van der Waals surface area contributed by atoms with E-state index in [-0.39, 0.29) is 32.0 Å². The molecule has 0 N–H and O–H groups in total. The average Bonchev–Trinajstić information content (AvgIpc) is 3.68. The lowest BCUT2D eigenvalue weighted by atomic mass is 10.0. The van der Waals surface area contributed by atoms with Crippen LogP contribution in [0.3, 0.4) is 0 Å². The van der Waals surface area contributed by atoms with Gasteiger partial charge in [-0.2, -0.15) is 0 Å². The molecule has 0 aliphatic heterocycles. The van der Waals surface area contributed by atoms with Crippen molar-refractivity contribution >= 4 is 19.8 Å². The lowest BCUT2D eigenvalue weighted by Crippen LogP contribution is -2.37. The Balaban J connectivity index is 3.93. The summed E-state index contributed by atoms with van der Waals surface area (Å²) in [5.41, 5.74) is 0. The van der Waals surface area contributed by atoms with E-state index in [9.17, 15) is 19.0 Å². The van der Waals surface area contributed by atoms with E-state index in [1.165, 1.54) is 231 Å². The topological polar surface area (TPSA) is 111 Å².